The zero-order valence-electron chi connectivity index (χ0n) is 20.5. The first-order valence-electron chi connectivity index (χ1n) is 12.0. The molecular formula is C26H27FN6O3S. The topological polar surface area (TPSA) is 121 Å². The summed E-state index contributed by atoms with van der Waals surface area (Å²) in [5.74, 6) is 0.0531. The number of piperidine rings is 1. The van der Waals surface area contributed by atoms with E-state index in [9.17, 15) is 17.9 Å². The summed E-state index contributed by atoms with van der Waals surface area (Å²) in [6.07, 6.45) is 1.55. The van der Waals surface area contributed by atoms with Crippen molar-refractivity contribution in [3.8, 4) is 11.1 Å². The number of aliphatic hydroxyl groups excluding tert-OH is 1. The summed E-state index contributed by atoms with van der Waals surface area (Å²) in [5, 5.41) is 22.1. The summed E-state index contributed by atoms with van der Waals surface area (Å²) in [6, 6.07) is 12.7. The van der Waals surface area contributed by atoms with Crippen LogP contribution in [0.5, 0.6) is 0 Å². The monoisotopic (exact) mass is 522 g/mol. The first-order valence-corrected chi connectivity index (χ1v) is 13.5. The molecule has 0 radical (unpaired) electrons. The summed E-state index contributed by atoms with van der Waals surface area (Å²) in [5.41, 5.74) is 3.01. The van der Waals surface area contributed by atoms with Crippen LogP contribution in [0.3, 0.4) is 0 Å². The van der Waals surface area contributed by atoms with Gasteiger partial charge in [0.1, 0.15) is 22.9 Å². The maximum atomic E-state index is 13.8. The van der Waals surface area contributed by atoms with Crippen LogP contribution in [0.25, 0.3) is 22.0 Å². The van der Waals surface area contributed by atoms with Gasteiger partial charge in [0.25, 0.3) is 0 Å². The molecule has 1 atom stereocenters. The third kappa shape index (κ3) is 5.15. The van der Waals surface area contributed by atoms with Gasteiger partial charge < -0.3 is 10.4 Å². The predicted octanol–water partition coefficient (Wildman–Crippen LogP) is 3.85. The largest absolute Gasteiger partial charge is 0.393 e. The van der Waals surface area contributed by atoms with Crippen molar-refractivity contribution in [3.63, 3.8) is 0 Å². The molecule has 1 unspecified atom stereocenters. The Balaban J connectivity index is 1.65. The number of benzene rings is 2. The lowest BCUT2D eigenvalue weighted by Gasteiger charge is -2.29. The Bertz CT molecular complexity index is 1520. The van der Waals surface area contributed by atoms with Crippen LogP contribution >= 0.6 is 0 Å². The second-order valence-corrected chi connectivity index (χ2v) is 11.1. The summed E-state index contributed by atoms with van der Waals surface area (Å²) in [4.78, 5) is 8.81. The zero-order chi connectivity index (χ0) is 26.2. The molecule has 3 heterocycles. The second-order valence-electron chi connectivity index (χ2n) is 9.20. The van der Waals surface area contributed by atoms with Gasteiger partial charge in [-0.25, -0.2) is 22.8 Å². The predicted molar refractivity (Wildman–Crippen MR) is 138 cm³/mol. The van der Waals surface area contributed by atoms with Crippen LogP contribution in [0.1, 0.15) is 37.2 Å². The fourth-order valence-electron chi connectivity index (χ4n) is 4.40. The minimum Gasteiger partial charge on any atom is -0.393 e. The van der Waals surface area contributed by atoms with Gasteiger partial charge in [-0.05, 0) is 74.2 Å². The minimum atomic E-state index is -3.95. The maximum Gasteiger partial charge on any atom is 0.245 e. The number of hydrogen-bond acceptors (Lipinski definition) is 8. The summed E-state index contributed by atoms with van der Waals surface area (Å²) in [7, 11) is -3.95. The van der Waals surface area contributed by atoms with Crippen LogP contribution in [0.4, 0.5) is 10.2 Å². The van der Waals surface area contributed by atoms with Crippen molar-refractivity contribution < 1.29 is 17.9 Å². The number of aliphatic hydroxyl groups is 1. The van der Waals surface area contributed by atoms with Gasteiger partial charge in [-0.3, -0.25) is 0 Å². The molecule has 0 saturated carbocycles. The Morgan fingerprint density at radius 1 is 1.03 bits per heavy atom. The van der Waals surface area contributed by atoms with Crippen LogP contribution < -0.4 is 5.32 Å². The molecule has 1 saturated heterocycles. The van der Waals surface area contributed by atoms with Crippen molar-refractivity contribution in [1.82, 2.24) is 24.5 Å². The number of halogens is 1. The zero-order valence-corrected chi connectivity index (χ0v) is 21.3. The van der Waals surface area contributed by atoms with Crippen molar-refractivity contribution in [2.75, 3.05) is 18.4 Å². The molecule has 192 valence electrons. The molecular weight excluding hydrogens is 495 g/mol. The molecule has 1 fully saturated rings. The Morgan fingerprint density at radius 3 is 2.43 bits per heavy atom. The summed E-state index contributed by atoms with van der Waals surface area (Å²) in [6.45, 7) is 4.19. The number of sulfonamides is 1. The fraction of sp³-hybridized carbons (Fsp3) is 0.308. The highest BCUT2D eigenvalue weighted by atomic mass is 32.2. The number of aromatic nitrogens is 4. The summed E-state index contributed by atoms with van der Waals surface area (Å²) < 4.78 is 42.6. The van der Waals surface area contributed by atoms with Gasteiger partial charge in [0.15, 0.2) is 0 Å². The number of hydrogen-bond donors (Lipinski definition) is 2. The molecule has 2 aromatic heterocycles. The second kappa shape index (κ2) is 10.1. The number of nitrogens with zero attached hydrogens (tertiary/aromatic N) is 5. The highest BCUT2D eigenvalue weighted by Gasteiger charge is 2.31. The van der Waals surface area contributed by atoms with Crippen molar-refractivity contribution in [2.24, 2.45) is 0 Å². The number of rotatable bonds is 6. The van der Waals surface area contributed by atoms with E-state index in [1.54, 1.807) is 24.3 Å². The van der Waals surface area contributed by atoms with E-state index in [1.165, 1.54) is 22.8 Å². The van der Waals surface area contributed by atoms with Gasteiger partial charge in [0.2, 0.25) is 10.0 Å². The Labute approximate surface area is 214 Å². The molecule has 0 amide bonds. The standard InChI is InChI=1S/C26H27FN6O3S/c1-16-3-8-23(32-31-16)17(2)30-26-22-13-19(18-4-6-20(27)7-5-18)14-24(25(22)28-15-29-26)37(35,36)33-11-9-21(34)10-12-33/h3-8,13-15,17,21,34H,9-12H2,1-2H3,(H,28,29,30). The van der Waals surface area contributed by atoms with Gasteiger partial charge in [-0.2, -0.15) is 14.5 Å². The molecule has 37 heavy (non-hydrogen) atoms. The summed E-state index contributed by atoms with van der Waals surface area (Å²) >= 11 is 0. The molecule has 9 nitrogen and oxygen atoms in total. The molecule has 5 rings (SSSR count). The SMILES string of the molecule is Cc1ccc(C(C)Nc2ncnc3c(S(=O)(=O)N4CCC(O)CC4)cc(-c4ccc(F)cc4)cc23)nn1. The Kier molecular flexibility index (Phi) is 6.84. The molecule has 1 aliphatic rings. The highest BCUT2D eigenvalue weighted by Crippen LogP contribution is 2.35. The number of aryl methyl sites for hydroxylation is 1. The molecule has 0 spiro atoms. The molecule has 2 aromatic carbocycles. The number of nitrogens with one attached hydrogen (secondary N) is 1. The molecule has 4 aromatic rings. The lowest BCUT2D eigenvalue weighted by atomic mass is 10.0. The lowest BCUT2D eigenvalue weighted by molar-refractivity contribution is 0.113. The van der Waals surface area contributed by atoms with E-state index in [4.69, 9.17) is 0 Å². The van der Waals surface area contributed by atoms with Gasteiger partial charge in [0, 0.05) is 18.5 Å². The molecule has 0 aliphatic carbocycles. The maximum absolute atomic E-state index is 13.8. The average Bonchev–Trinajstić information content (AvgIpc) is 2.89. The van der Waals surface area contributed by atoms with Crippen molar-refractivity contribution >= 4 is 26.7 Å². The van der Waals surface area contributed by atoms with E-state index in [-0.39, 0.29) is 35.4 Å². The van der Waals surface area contributed by atoms with E-state index < -0.39 is 16.1 Å². The first kappa shape index (κ1) is 25.1. The van der Waals surface area contributed by atoms with Crippen LogP contribution in [0.15, 0.2) is 59.8 Å². The van der Waals surface area contributed by atoms with Crippen molar-refractivity contribution in [1.29, 1.82) is 0 Å². The van der Waals surface area contributed by atoms with Crippen molar-refractivity contribution in [3.05, 3.63) is 72.1 Å². The normalized spacial score (nSPS) is 16.1. The third-order valence-corrected chi connectivity index (χ3v) is 8.45. The highest BCUT2D eigenvalue weighted by molar-refractivity contribution is 7.89. The van der Waals surface area contributed by atoms with Gasteiger partial charge >= 0.3 is 0 Å². The van der Waals surface area contributed by atoms with E-state index in [2.05, 4.69) is 25.5 Å². The smallest absolute Gasteiger partial charge is 0.245 e. The minimum absolute atomic E-state index is 0.0361. The molecule has 1 aliphatic heterocycles. The third-order valence-electron chi connectivity index (χ3n) is 6.54. The van der Waals surface area contributed by atoms with E-state index in [1.807, 2.05) is 26.0 Å². The lowest BCUT2D eigenvalue weighted by Crippen LogP contribution is -2.40. The van der Waals surface area contributed by atoms with Crippen LogP contribution in [-0.2, 0) is 10.0 Å². The molecule has 11 heteroatoms. The van der Waals surface area contributed by atoms with Gasteiger partial charge in [-0.15, -0.1) is 0 Å². The van der Waals surface area contributed by atoms with Crippen LogP contribution in [0, 0.1) is 12.7 Å². The molecule has 0 bridgehead atoms. The fourth-order valence-corrected chi connectivity index (χ4v) is 6.05. The average molecular weight is 523 g/mol. The number of anilines is 1. The van der Waals surface area contributed by atoms with Gasteiger partial charge in [0.05, 0.1) is 29.1 Å². The van der Waals surface area contributed by atoms with Crippen LogP contribution in [-0.4, -0.2) is 57.2 Å². The van der Waals surface area contributed by atoms with E-state index in [0.717, 1.165) is 5.69 Å². The van der Waals surface area contributed by atoms with E-state index in [0.29, 0.717) is 40.9 Å². The first-order chi connectivity index (χ1) is 17.7. The Morgan fingerprint density at radius 2 is 1.76 bits per heavy atom. The quantitative estimate of drug-likeness (QED) is 0.392. The Hall–Kier alpha value is -3.54. The van der Waals surface area contributed by atoms with Gasteiger partial charge in [-0.1, -0.05) is 12.1 Å². The van der Waals surface area contributed by atoms with Crippen molar-refractivity contribution in [2.45, 2.75) is 43.7 Å². The number of fused-ring (bicyclic) bond motifs is 1. The van der Waals surface area contributed by atoms with Crippen LogP contribution in [0.2, 0.25) is 0 Å². The van der Waals surface area contributed by atoms with E-state index >= 15 is 0 Å². The molecule has 2 N–H and O–H groups in total.